The van der Waals surface area contributed by atoms with Gasteiger partial charge >= 0.3 is 0 Å². The number of anilines is 2. The van der Waals surface area contributed by atoms with Gasteiger partial charge in [-0.3, -0.25) is 4.90 Å². The van der Waals surface area contributed by atoms with Crippen molar-refractivity contribution in [3.8, 4) is 11.3 Å². The number of likely N-dealkylation sites (tertiary alicyclic amines) is 1. The Kier molecular flexibility index (Phi) is 6.33. The molecule has 0 amide bonds. The van der Waals surface area contributed by atoms with Gasteiger partial charge in [0.2, 0.25) is 5.95 Å². The fourth-order valence-corrected chi connectivity index (χ4v) is 5.45. The summed E-state index contributed by atoms with van der Waals surface area (Å²) < 4.78 is 64.8. The number of alkyl halides is 3. The highest BCUT2D eigenvalue weighted by atomic mass is 19.3. The highest BCUT2D eigenvalue weighted by molar-refractivity contribution is 5.89. The number of rotatable bonds is 7. The summed E-state index contributed by atoms with van der Waals surface area (Å²) in [6.45, 7) is 5.30. The number of aromatic nitrogens is 6. The summed E-state index contributed by atoms with van der Waals surface area (Å²) in [6, 6.07) is 2.70. The number of ether oxygens (including phenoxy) is 1. The fraction of sp³-hybridized carbons (Fsp3) is 0.520. The monoisotopic (exact) mass is 547 g/mol. The minimum absolute atomic E-state index is 0.114. The quantitative estimate of drug-likeness (QED) is 0.340. The topological polar surface area (TPSA) is 97.4 Å². The van der Waals surface area contributed by atoms with Gasteiger partial charge in [0.1, 0.15) is 23.0 Å². The summed E-state index contributed by atoms with van der Waals surface area (Å²) in [5.74, 6) is 0.229. The molecule has 2 aliphatic heterocycles. The van der Waals surface area contributed by atoms with Crippen LogP contribution in [-0.2, 0) is 11.3 Å². The van der Waals surface area contributed by atoms with Gasteiger partial charge in [-0.2, -0.15) is 4.98 Å². The Morgan fingerprint density at radius 1 is 1.21 bits per heavy atom. The van der Waals surface area contributed by atoms with Crippen molar-refractivity contribution in [3.63, 3.8) is 0 Å². The molecule has 6 heterocycles. The van der Waals surface area contributed by atoms with Gasteiger partial charge in [0.05, 0.1) is 48.8 Å². The van der Waals surface area contributed by atoms with Crippen molar-refractivity contribution in [1.29, 1.82) is 0 Å². The Balaban J connectivity index is 1.32. The van der Waals surface area contributed by atoms with E-state index in [4.69, 9.17) is 4.74 Å². The van der Waals surface area contributed by atoms with Crippen LogP contribution in [-0.4, -0.2) is 91.6 Å². The van der Waals surface area contributed by atoms with Gasteiger partial charge < -0.3 is 19.9 Å². The van der Waals surface area contributed by atoms with Crippen LogP contribution >= 0.6 is 0 Å². The Bertz CT molecular complexity index is 1530. The van der Waals surface area contributed by atoms with Crippen molar-refractivity contribution in [3.05, 3.63) is 30.0 Å². The fourth-order valence-electron chi connectivity index (χ4n) is 5.45. The van der Waals surface area contributed by atoms with Crippen LogP contribution in [0.15, 0.2) is 18.3 Å². The molecule has 2 atom stereocenters. The van der Waals surface area contributed by atoms with Gasteiger partial charge in [0, 0.05) is 20.1 Å². The molecule has 4 aromatic heterocycles. The van der Waals surface area contributed by atoms with E-state index in [1.807, 2.05) is 0 Å². The standard InChI is InChI=1S/C25H29F4N9O/c1-13-31-18-5-4-17(32-23(18)37(13)10-19(28)29)20-15(27)9-38-21(20)22(30-3)34-24(35-38)33-16-6-7-36(8-14(16)26)25(2)11-39-12-25/h4-5,9,14,16,19H,6-8,10-12H2,1-3H3,(H2,30,33,34,35)/t14-,16?/m0/s1. The Hall–Kier alpha value is -3.52. The summed E-state index contributed by atoms with van der Waals surface area (Å²) in [5, 5.41) is 10.5. The normalized spacial score (nSPS) is 21.5. The number of aryl methyl sites for hydroxylation is 1. The van der Waals surface area contributed by atoms with E-state index in [0.29, 0.717) is 48.9 Å². The number of nitrogens with one attached hydrogen (secondary N) is 2. The molecule has 0 bridgehead atoms. The van der Waals surface area contributed by atoms with Crippen LogP contribution in [0.4, 0.5) is 29.3 Å². The summed E-state index contributed by atoms with van der Waals surface area (Å²) >= 11 is 0. The average Bonchev–Trinajstić information content (AvgIpc) is 3.37. The molecule has 0 spiro atoms. The molecule has 0 saturated carbocycles. The maximum Gasteiger partial charge on any atom is 0.256 e. The van der Waals surface area contributed by atoms with E-state index in [0.717, 1.165) is 0 Å². The number of piperidine rings is 1. The molecule has 4 aromatic rings. The Labute approximate surface area is 221 Å². The van der Waals surface area contributed by atoms with Gasteiger partial charge in [-0.05, 0) is 32.4 Å². The number of imidazole rings is 1. The van der Waals surface area contributed by atoms with Crippen LogP contribution < -0.4 is 10.6 Å². The highest BCUT2D eigenvalue weighted by Gasteiger charge is 2.43. The maximum absolute atomic E-state index is 15.4. The van der Waals surface area contributed by atoms with Gasteiger partial charge in [0.25, 0.3) is 6.43 Å². The SMILES string of the molecule is CNc1nc(NC2CCN(C3(C)COC3)C[C@@H]2F)nn2cc(F)c(-c3ccc4nc(C)n(CC(F)F)c4n3)c12. The van der Waals surface area contributed by atoms with E-state index in [1.54, 1.807) is 26.1 Å². The molecule has 0 aliphatic carbocycles. The Morgan fingerprint density at radius 3 is 2.67 bits per heavy atom. The lowest BCUT2D eigenvalue weighted by molar-refractivity contribution is -0.142. The van der Waals surface area contributed by atoms with E-state index in [2.05, 4.69) is 42.5 Å². The lowest BCUT2D eigenvalue weighted by Crippen LogP contribution is -2.64. The summed E-state index contributed by atoms with van der Waals surface area (Å²) in [7, 11) is 1.64. The molecule has 2 saturated heterocycles. The first-order valence-corrected chi connectivity index (χ1v) is 12.8. The molecule has 0 aromatic carbocycles. The highest BCUT2D eigenvalue weighted by Crippen LogP contribution is 2.34. The van der Waals surface area contributed by atoms with Crippen LogP contribution in [0.25, 0.3) is 27.9 Å². The zero-order valence-corrected chi connectivity index (χ0v) is 21.8. The van der Waals surface area contributed by atoms with E-state index in [-0.39, 0.29) is 34.9 Å². The van der Waals surface area contributed by atoms with Crippen LogP contribution in [0.2, 0.25) is 0 Å². The third-order valence-corrected chi connectivity index (χ3v) is 7.63. The number of pyridine rings is 1. The lowest BCUT2D eigenvalue weighted by atomic mass is 9.92. The zero-order chi connectivity index (χ0) is 27.5. The summed E-state index contributed by atoms with van der Waals surface area (Å²) in [4.78, 5) is 15.4. The van der Waals surface area contributed by atoms with Gasteiger partial charge in [0.15, 0.2) is 17.3 Å². The third kappa shape index (κ3) is 4.44. The summed E-state index contributed by atoms with van der Waals surface area (Å²) in [6.07, 6.45) is -2.00. The second-order valence-corrected chi connectivity index (χ2v) is 10.4. The van der Waals surface area contributed by atoms with E-state index in [1.165, 1.54) is 15.3 Å². The maximum atomic E-state index is 15.4. The first-order chi connectivity index (χ1) is 18.7. The van der Waals surface area contributed by atoms with Crippen molar-refractivity contribution in [2.24, 2.45) is 0 Å². The van der Waals surface area contributed by atoms with Crippen LogP contribution in [0.1, 0.15) is 19.2 Å². The summed E-state index contributed by atoms with van der Waals surface area (Å²) in [5.41, 5.74) is 1.19. The molecule has 1 unspecified atom stereocenters. The number of hydrogen-bond donors (Lipinski definition) is 2. The van der Waals surface area contributed by atoms with Crippen molar-refractivity contribution < 1.29 is 22.3 Å². The van der Waals surface area contributed by atoms with Crippen LogP contribution in [0.5, 0.6) is 0 Å². The Morgan fingerprint density at radius 2 is 2.00 bits per heavy atom. The molecule has 0 radical (unpaired) electrons. The number of fused-ring (bicyclic) bond motifs is 2. The smallest absolute Gasteiger partial charge is 0.256 e. The van der Waals surface area contributed by atoms with Crippen molar-refractivity contribution in [1.82, 2.24) is 34.0 Å². The largest absolute Gasteiger partial charge is 0.377 e. The third-order valence-electron chi connectivity index (χ3n) is 7.63. The number of nitrogens with zero attached hydrogens (tertiary/aromatic N) is 7. The number of hydrogen-bond acceptors (Lipinski definition) is 8. The second-order valence-electron chi connectivity index (χ2n) is 10.4. The molecule has 10 nitrogen and oxygen atoms in total. The molecular formula is C25H29F4N9O. The molecule has 2 aliphatic rings. The molecule has 2 fully saturated rings. The van der Waals surface area contributed by atoms with Gasteiger partial charge in [-0.1, -0.05) is 0 Å². The van der Waals surface area contributed by atoms with Crippen molar-refractivity contribution in [2.45, 2.75) is 51.0 Å². The van der Waals surface area contributed by atoms with E-state index < -0.39 is 31.0 Å². The van der Waals surface area contributed by atoms with Gasteiger partial charge in [-0.25, -0.2) is 32.0 Å². The zero-order valence-electron chi connectivity index (χ0n) is 21.8. The first-order valence-electron chi connectivity index (χ1n) is 12.8. The van der Waals surface area contributed by atoms with Gasteiger partial charge in [-0.15, -0.1) is 5.10 Å². The minimum atomic E-state index is -2.60. The molecular weight excluding hydrogens is 518 g/mol. The van der Waals surface area contributed by atoms with Crippen molar-refractivity contribution in [2.75, 3.05) is 44.0 Å². The molecule has 39 heavy (non-hydrogen) atoms. The van der Waals surface area contributed by atoms with Crippen LogP contribution in [0, 0.1) is 12.7 Å². The molecule has 14 heteroatoms. The first kappa shape index (κ1) is 25.7. The minimum Gasteiger partial charge on any atom is -0.377 e. The predicted molar refractivity (Wildman–Crippen MR) is 137 cm³/mol. The molecule has 208 valence electrons. The van der Waals surface area contributed by atoms with E-state index in [9.17, 15) is 8.78 Å². The molecule has 6 rings (SSSR count). The average molecular weight is 548 g/mol. The lowest BCUT2D eigenvalue weighted by Gasteiger charge is -2.50. The predicted octanol–water partition coefficient (Wildman–Crippen LogP) is 3.51. The molecule has 2 N–H and O–H groups in total. The van der Waals surface area contributed by atoms with E-state index >= 15 is 8.78 Å². The van der Waals surface area contributed by atoms with Crippen LogP contribution in [0.3, 0.4) is 0 Å². The number of halogens is 4. The van der Waals surface area contributed by atoms with Crippen molar-refractivity contribution >= 4 is 28.4 Å². The second kappa shape index (κ2) is 9.59.